The molecular weight excluding hydrogens is 418 g/mol. The molecule has 0 aliphatic rings. The lowest BCUT2D eigenvalue weighted by atomic mass is 10.1. The molecule has 2 N–H and O–H groups in total. The zero-order valence-corrected chi connectivity index (χ0v) is 17.6. The summed E-state index contributed by atoms with van der Waals surface area (Å²) in [6, 6.07) is 13.1. The van der Waals surface area contributed by atoms with Crippen LogP contribution in [0.25, 0.3) is 11.0 Å². The zero-order valence-electron chi connectivity index (χ0n) is 16.8. The first kappa shape index (κ1) is 20.5. The number of nitrogens with zero attached hydrogens (tertiary/aromatic N) is 3. The summed E-state index contributed by atoms with van der Waals surface area (Å²) >= 11 is 0. The highest BCUT2D eigenvalue weighted by Crippen LogP contribution is 2.21. The number of carbonyl (C=O) groups excluding carboxylic acids is 1. The molecular formula is C21H19N5O4S. The topological polar surface area (TPSA) is 127 Å². The quantitative estimate of drug-likeness (QED) is 0.474. The van der Waals surface area contributed by atoms with Crippen LogP contribution >= 0.6 is 0 Å². The second-order valence-electron chi connectivity index (χ2n) is 7.01. The Labute approximate surface area is 178 Å². The summed E-state index contributed by atoms with van der Waals surface area (Å²) in [5, 5.41) is 7.50. The number of sulfonamides is 1. The molecule has 0 bridgehead atoms. The molecule has 0 fully saturated rings. The monoisotopic (exact) mass is 437 g/mol. The second kappa shape index (κ2) is 8.15. The van der Waals surface area contributed by atoms with Gasteiger partial charge in [0, 0.05) is 23.0 Å². The van der Waals surface area contributed by atoms with E-state index < -0.39 is 10.0 Å². The molecule has 0 atom stereocenters. The average Bonchev–Trinajstić information content (AvgIpc) is 3.10. The van der Waals surface area contributed by atoms with Crippen LogP contribution in [0.4, 0.5) is 11.6 Å². The minimum atomic E-state index is -3.85. The number of hydrogen-bond acceptors (Lipinski definition) is 7. The molecule has 2 aromatic carbocycles. The van der Waals surface area contributed by atoms with E-state index in [1.165, 1.54) is 30.5 Å². The third-order valence-corrected chi connectivity index (χ3v) is 5.84. The maximum Gasteiger partial charge on any atom is 0.264 e. The molecule has 0 saturated carbocycles. The van der Waals surface area contributed by atoms with E-state index in [4.69, 9.17) is 4.52 Å². The molecule has 4 aromatic rings. The predicted octanol–water partition coefficient (Wildman–Crippen LogP) is 3.22. The number of aryl methyl sites for hydroxylation is 2. The van der Waals surface area contributed by atoms with Gasteiger partial charge in [-0.1, -0.05) is 16.8 Å². The molecule has 2 aromatic heterocycles. The minimum Gasteiger partial charge on any atom is -0.356 e. The van der Waals surface area contributed by atoms with E-state index in [0.717, 1.165) is 10.9 Å². The molecule has 2 heterocycles. The Kier molecular flexibility index (Phi) is 5.38. The Balaban J connectivity index is 1.44. The van der Waals surface area contributed by atoms with E-state index in [2.05, 4.69) is 25.2 Å². The molecule has 4 rings (SSSR count). The lowest BCUT2D eigenvalue weighted by Crippen LogP contribution is -2.16. The Morgan fingerprint density at radius 2 is 1.84 bits per heavy atom. The second-order valence-corrected chi connectivity index (χ2v) is 8.69. The molecule has 9 nitrogen and oxygen atoms in total. The van der Waals surface area contributed by atoms with Crippen molar-refractivity contribution in [2.75, 3.05) is 10.0 Å². The van der Waals surface area contributed by atoms with Crippen molar-refractivity contribution in [3.05, 3.63) is 71.7 Å². The van der Waals surface area contributed by atoms with E-state index in [0.29, 0.717) is 22.7 Å². The van der Waals surface area contributed by atoms with Crippen molar-refractivity contribution in [3.63, 3.8) is 0 Å². The fraction of sp³-hybridized carbons (Fsp3) is 0.143. The highest BCUT2D eigenvalue weighted by atomic mass is 32.2. The first-order chi connectivity index (χ1) is 14.8. The van der Waals surface area contributed by atoms with Crippen LogP contribution in [-0.2, 0) is 21.2 Å². The number of aromatic nitrogens is 3. The van der Waals surface area contributed by atoms with Crippen LogP contribution in [0.2, 0.25) is 0 Å². The maximum atomic E-state index is 12.5. The zero-order chi connectivity index (χ0) is 22.0. The Hall–Kier alpha value is -3.79. The summed E-state index contributed by atoms with van der Waals surface area (Å²) in [6.07, 6.45) is 1.50. The predicted molar refractivity (Wildman–Crippen MR) is 115 cm³/mol. The summed E-state index contributed by atoms with van der Waals surface area (Å²) in [5.41, 5.74) is 3.30. The lowest BCUT2D eigenvalue weighted by molar-refractivity contribution is -0.115. The van der Waals surface area contributed by atoms with Gasteiger partial charge >= 0.3 is 0 Å². The van der Waals surface area contributed by atoms with Gasteiger partial charge in [0.15, 0.2) is 5.58 Å². The molecule has 158 valence electrons. The molecule has 1 amide bonds. The van der Waals surface area contributed by atoms with Crippen molar-refractivity contribution >= 4 is 38.5 Å². The summed E-state index contributed by atoms with van der Waals surface area (Å²) in [6.45, 7) is 3.69. The van der Waals surface area contributed by atoms with Gasteiger partial charge in [0.05, 0.1) is 11.3 Å². The number of rotatable bonds is 6. The number of amides is 1. The van der Waals surface area contributed by atoms with Gasteiger partial charge in [-0.05, 0) is 56.3 Å². The van der Waals surface area contributed by atoms with E-state index in [1.54, 1.807) is 13.0 Å². The summed E-state index contributed by atoms with van der Waals surface area (Å²) in [5.74, 6) is -0.300. The Morgan fingerprint density at radius 1 is 1.06 bits per heavy atom. The first-order valence-electron chi connectivity index (χ1n) is 9.37. The van der Waals surface area contributed by atoms with Gasteiger partial charge in [-0.3, -0.25) is 4.79 Å². The fourth-order valence-electron chi connectivity index (χ4n) is 2.98. The van der Waals surface area contributed by atoms with Crippen LogP contribution < -0.4 is 10.0 Å². The van der Waals surface area contributed by atoms with Crippen LogP contribution in [0.15, 0.2) is 64.1 Å². The molecule has 0 aliphatic heterocycles. The lowest BCUT2D eigenvalue weighted by Gasteiger charge is -2.08. The van der Waals surface area contributed by atoms with Crippen LogP contribution in [0, 0.1) is 13.8 Å². The summed E-state index contributed by atoms with van der Waals surface area (Å²) < 4.78 is 32.6. The molecule has 31 heavy (non-hydrogen) atoms. The average molecular weight is 437 g/mol. The number of benzene rings is 2. The van der Waals surface area contributed by atoms with Gasteiger partial charge in [-0.2, -0.15) is 0 Å². The largest absolute Gasteiger partial charge is 0.356 e. The highest BCUT2D eigenvalue weighted by Gasteiger charge is 2.17. The molecule has 10 heteroatoms. The van der Waals surface area contributed by atoms with Crippen molar-refractivity contribution in [2.45, 2.75) is 25.2 Å². The van der Waals surface area contributed by atoms with Crippen molar-refractivity contribution in [1.29, 1.82) is 0 Å². The molecule has 0 aliphatic carbocycles. The van der Waals surface area contributed by atoms with Crippen LogP contribution in [-0.4, -0.2) is 29.4 Å². The summed E-state index contributed by atoms with van der Waals surface area (Å²) in [4.78, 5) is 20.4. The van der Waals surface area contributed by atoms with E-state index in [9.17, 15) is 13.2 Å². The summed E-state index contributed by atoms with van der Waals surface area (Å²) in [7, 11) is -3.85. The Morgan fingerprint density at radius 3 is 2.58 bits per heavy atom. The van der Waals surface area contributed by atoms with E-state index in [-0.39, 0.29) is 23.2 Å². The fourth-order valence-corrected chi connectivity index (χ4v) is 3.93. The van der Waals surface area contributed by atoms with Crippen molar-refractivity contribution in [2.24, 2.45) is 0 Å². The standard InChI is InChI=1S/C21H19N5O4S/c1-13-3-8-19-17(11-13)18(25-30-19)12-20(27)24-15-4-6-16(7-5-15)31(28,29)26-21-22-10-9-14(2)23-21/h3-11H,12H2,1-2H3,(H,24,27)(H,22,23,26). The number of carbonyl (C=O) groups is 1. The molecule has 0 radical (unpaired) electrons. The van der Waals surface area contributed by atoms with Gasteiger partial charge in [-0.25, -0.2) is 23.1 Å². The molecule has 0 saturated heterocycles. The highest BCUT2D eigenvalue weighted by molar-refractivity contribution is 7.92. The smallest absolute Gasteiger partial charge is 0.264 e. The number of fused-ring (bicyclic) bond motifs is 1. The SMILES string of the molecule is Cc1ccc2onc(CC(=O)Nc3ccc(S(=O)(=O)Nc4nccc(C)n4)cc3)c2c1. The van der Waals surface area contributed by atoms with Gasteiger partial charge in [0.25, 0.3) is 10.0 Å². The van der Waals surface area contributed by atoms with Crippen molar-refractivity contribution in [1.82, 2.24) is 15.1 Å². The molecule has 0 unspecified atom stereocenters. The van der Waals surface area contributed by atoms with Gasteiger partial charge in [0.1, 0.15) is 5.69 Å². The van der Waals surface area contributed by atoms with E-state index >= 15 is 0 Å². The van der Waals surface area contributed by atoms with Crippen molar-refractivity contribution in [3.8, 4) is 0 Å². The number of anilines is 2. The third kappa shape index (κ3) is 4.69. The Bertz CT molecular complexity index is 1360. The third-order valence-electron chi connectivity index (χ3n) is 4.50. The van der Waals surface area contributed by atoms with Crippen LogP contribution in [0.5, 0.6) is 0 Å². The van der Waals surface area contributed by atoms with Crippen LogP contribution in [0.3, 0.4) is 0 Å². The van der Waals surface area contributed by atoms with Gasteiger partial charge in [0.2, 0.25) is 11.9 Å². The van der Waals surface area contributed by atoms with E-state index in [1.807, 2.05) is 25.1 Å². The van der Waals surface area contributed by atoms with Gasteiger partial charge in [-0.15, -0.1) is 0 Å². The van der Waals surface area contributed by atoms with Crippen LogP contribution in [0.1, 0.15) is 17.0 Å². The number of nitrogens with one attached hydrogen (secondary N) is 2. The minimum absolute atomic E-state index is 0.00699. The normalized spacial score (nSPS) is 11.4. The number of hydrogen-bond donors (Lipinski definition) is 2. The van der Waals surface area contributed by atoms with Gasteiger partial charge < -0.3 is 9.84 Å². The maximum absolute atomic E-state index is 12.5. The molecule has 0 spiro atoms. The first-order valence-corrected chi connectivity index (χ1v) is 10.9. The van der Waals surface area contributed by atoms with Crippen molar-refractivity contribution < 1.29 is 17.7 Å².